The first kappa shape index (κ1) is 17.5. The second kappa shape index (κ2) is 7.79. The minimum atomic E-state index is -0.0571. The summed E-state index contributed by atoms with van der Waals surface area (Å²) in [5, 5.41) is 3.20. The maximum atomic E-state index is 12.7. The quantitative estimate of drug-likeness (QED) is 0.880. The molecular formula is C19H23N5O3. The fraction of sp³-hybridized carbons (Fsp3) is 0.421. The molecule has 0 aliphatic carbocycles. The first-order chi connectivity index (χ1) is 13.2. The lowest BCUT2D eigenvalue weighted by atomic mass is 10.2. The van der Waals surface area contributed by atoms with Crippen LogP contribution < -0.4 is 14.8 Å². The van der Waals surface area contributed by atoms with Crippen molar-refractivity contribution in [3.8, 4) is 11.5 Å². The zero-order chi connectivity index (χ0) is 18.6. The number of nitrogens with one attached hydrogen (secondary N) is 1. The van der Waals surface area contributed by atoms with Gasteiger partial charge in [0, 0.05) is 44.0 Å². The number of carbonyl (C=O) groups excluding carboxylic acids is 1. The molecule has 1 amide bonds. The number of piperazine rings is 1. The monoisotopic (exact) mass is 369 g/mol. The fourth-order valence-corrected chi connectivity index (χ4v) is 3.24. The molecule has 2 aromatic rings. The molecule has 0 bridgehead atoms. The Bertz CT molecular complexity index is 821. The molecule has 2 aliphatic rings. The Morgan fingerprint density at radius 3 is 2.63 bits per heavy atom. The van der Waals surface area contributed by atoms with E-state index in [0.29, 0.717) is 30.5 Å². The molecule has 0 saturated carbocycles. The molecule has 0 spiro atoms. The van der Waals surface area contributed by atoms with Crippen molar-refractivity contribution in [1.29, 1.82) is 0 Å². The number of rotatable bonds is 4. The lowest BCUT2D eigenvalue weighted by Gasteiger charge is -2.33. The third-order valence-electron chi connectivity index (χ3n) is 4.81. The van der Waals surface area contributed by atoms with E-state index in [9.17, 15) is 4.79 Å². The zero-order valence-electron chi connectivity index (χ0n) is 15.4. The van der Waals surface area contributed by atoms with Crippen molar-refractivity contribution in [2.45, 2.75) is 6.92 Å². The van der Waals surface area contributed by atoms with Gasteiger partial charge in [0.15, 0.2) is 11.5 Å². The summed E-state index contributed by atoms with van der Waals surface area (Å²) in [4.78, 5) is 25.3. The van der Waals surface area contributed by atoms with Gasteiger partial charge in [0.1, 0.15) is 31.1 Å². The van der Waals surface area contributed by atoms with E-state index in [0.717, 1.165) is 44.2 Å². The maximum Gasteiger partial charge on any atom is 0.272 e. The first-order valence-corrected chi connectivity index (χ1v) is 9.23. The van der Waals surface area contributed by atoms with Crippen molar-refractivity contribution in [3.63, 3.8) is 0 Å². The highest BCUT2D eigenvalue weighted by atomic mass is 16.6. The molecule has 1 aromatic carbocycles. The minimum Gasteiger partial charge on any atom is -0.486 e. The molecule has 0 unspecified atom stereocenters. The van der Waals surface area contributed by atoms with Crippen LogP contribution in [0, 0.1) is 0 Å². The molecule has 1 N–H and O–H groups in total. The van der Waals surface area contributed by atoms with Gasteiger partial charge in [0.25, 0.3) is 5.91 Å². The Morgan fingerprint density at radius 2 is 1.85 bits per heavy atom. The normalized spacial score (nSPS) is 16.9. The second-order valence-electron chi connectivity index (χ2n) is 6.50. The van der Waals surface area contributed by atoms with Crippen molar-refractivity contribution in [1.82, 2.24) is 19.8 Å². The van der Waals surface area contributed by atoms with E-state index in [1.54, 1.807) is 6.07 Å². The van der Waals surface area contributed by atoms with Crippen molar-refractivity contribution < 1.29 is 14.3 Å². The van der Waals surface area contributed by atoms with Gasteiger partial charge in [-0.25, -0.2) is 9.97 Å². The minimum absolute atomic E-state index is 0.0571. The second-order valence-corrected chi connectivity index (χ2v) is 6.50. The number of anilines is 2. The lowest BCUT2D eigenvalue weighted by Crippen LogP contribution is -2.48. The molecular weight excluding hydrogens is 346 g/mol. The predicted octanol–water partition coefficient (Wildman–Crippen LogP) is 1.77. The Labute approximate surface area is 158 Å². The van der Waals surface area contributed by atoms with Crippen LogP contribution in [0.5, 0.6) is 11.5 Å². The number of hydrogen-bond donors (Lipinski definition) is 1. The van der Waals surface area contributed by atoms with Gasteiger partial charge in [0.2, 0.25) is 0 Å². The standard InChI is InChI=1S/C19H23N5O3/c1-2-23-5-7-24(8-6-23)19(25)15-12-18(21-13-20-15)22-14-3-4-16-17(11-14)27-10-9-26-16/h3-4,11-13H,2,5-10H2,1H3,(H,20,21,22). The van der Waals surface area contributed by atoms with E-state index in [1.165, 1.54) is 6.33 Å². The Balaban J connectivity index is 1.45. The fourth-order valence-electron chi connectivity index (χ4n) is 3.24. The zero-order valence-corrected chi connectivity index (χ0v) is 15.4. The van der Waals surface area contributed by atoms with Crippen LogP contribution in [0.1, 0.15) is 17.4 Å². The first-order valence-electron chi connectivity index (χ1n) is 9.23. The van der Waals surface area contributed by atoms with E-state index in [1.807, 2.05) is 23.1 Å². The third-order valence-corrected chi connectivity index (χ3v) is 4.81. The summed E-state index contributed by atoms with van der Waals surface area (Å²) in [7, 11) is 0. The summed E-state index contributed by atoms with van der Waals surface area (Å²) in [5.74, 6) is 1.94. The van der Waals surface area contributed by atoms with E-state index in [2.05, 4.69) is 27.1 Å². The van der Waals surface area contributed by atoms with Crippen LogP contribution in [0.4, 0.5) is 11.5 Å². The van der Waals surface area contributed by atoms with Crippen molar-refractivity contribution >= 4 is 17.4 Å². The summed E-state index contributed by atoms with van der Waals surface area (Å²) in [6, 6.07) is 7.30. The molecule has 8 heteroatoms. The molecule has 4 rings (SSSR count). The Hall–Kier alpha value is -2.87. The largest absolute Gasteiger partial charge is 0.486 e. The van der Waals surface area contributed by atoms with Gasteiger partial charge in [-0.1, -0.05) is 6.92 Å². The highest BCUT2D eigenvalue weighted by Gasteiger charge is 2.22. The number of hydrogen-bond acceptors (Lipinski definition) is 7. The van der Waals surface area contributed by atoms with Gasteiger partial charge in [-0.15, -0.1) is 0 Å². The smallest absolute Gasteiger partial charge is 0.272 e. The van der Waals surface area contributed by atoms with Crippen molar-refractivity contribution in [3.05, 3.63) is 36.3 Å². The van der Waals surface area contributed by atoms with Gasteiger partial charge in [-0.3, -0.25) is 4.79 Å². The highest BCUT2D eigenvalue weighted by molar-refractivity contribution is 5.93. The molecule has 0 atom stereocenters. The van der Waals surface area contributed by atoms with E-state index in [-0.39, 0.29) is 5.91 Å². The average molecular weight is 369 g/mol. The number of benzene rings is 1. The molecule has 0 radical (unpaired) electrons. The molecule has 8 nitrogen and oxygen atoms in total. The topological polar surface area (TPSA) is 79.8 Å². The SMILES string of the molecule is CCN1CCN(C(=O)c2cc(Nc3ccc4c(c3)OCCO4)ncn2)CC1. The Morgan fingerprint density at radius 1 is 1.07 bits per heavy atom. The number of amides is 1. The Kier molecular flexibility index (Phi) is 5.06. The number of fused-ring (bicyclic) bond motifs is 1. The molecule has 142 valence electrons. The van der Waals surface area contributed by atoms with Crippen LogP contribution in [0.2, 0.25) is 0 Å². The molecule has 27 heavy (non-hydrogen) atoms. The number of carbonyl (C=O) groups is 1. The van der Waals surface area contributed by atoms with Crippen LogP contribution in [-0.4, -0.2) is 71.6 Å². The van der Waals surface area contributed by atoms with Crippen LogP contribution in [0.15, 0.2) is 30.6 Å². The van der Waals surface area contributed by atoms with Gasteiger partial charge in [-0.2, -0.15) is 0 Å². The third kappa shape index (κ3) is 3.95. The summed E-state index contributed by atoms with van der Waals surface area (Å²) < 4.78 is 11.1. The number of aromatic nitrogens is 2. The molecule has 3 heterocycles. The maximum absolute atomic E-state index is 12.7. The molecule has 1 fully saturated rings. The lowest BCUT2D eigenvalue weighted by molar-refractivity contribution is 0.0637. The van der Waals surface area contributed by atoms with E-state index >= 15 is 0 Å². The van der Waals surface area contributed by atoms with Crippen molar-refractivity contribution in [2.24, 2.45) is 0 Å². The predicted molar refractivity (Wildman–Crippen MR) is 101 cm³/mol. The van der Waals surface area contributed by atoms with Crippen molar-refractivity contribution in [2.75, 3.05) is 51.3 Å². The summed E-state index contributed by atoms with van der Waals surface area (Å²) in [6.45, 7) is 7.49. The average Bonchev–Trinajstić information content (AvgIpc) is 2.73. The number of nitrogens with zero attached hydrogens (tertiary/aromatic N) is 4. The van der Waals surface area contributed by atoms with Crippen LogP contribution in [0.25, 0.3) is 0 Å². The number of likely N-dealkylation sites (N-methyl/N-ethyl adjacent to an activating group) is 1. The van der Waals surface area contributed by atoms with Crippen LogP contribution in [0.3, 0.4) is 0 Å². The van der Waals surface area contributed by atoms with E-state index in [4.69, 9.17) is 9.47 Å². The van der Waals surface area contributed by atoms with Crippen LogP contribution in [-0.2, 0) is 0 Å². The molecule has 2 aliphatic heterocycles. The highest BCUT2D eigenvalue weighted by Crippen LogP contribution is 2.33. The van der Waals surface area contributed by atoms with Gasteiger partial charge < -0.3 is 24.6 Å². The van der Waals surface area contributed by atoms with Gasteiger partial charge in [-0.05, 0) is 18.7 Å². The van der Waals surface area contributed by atoms with E-state index < -0.39 is 0 Å². The summed E-state index contributed by atoms with van der Waals surface area (Å²) >= 11 is 0. The summed E-state index contributed by atoms with van der Waals surface area (Å²) in [6.07, 6.45) is 1.41. The molecule has 1 saturated heterocycles. The van der Waals surface area contributed by atoms with Gasteiger partial charge in [0.05, 0.1) is 0 Å². The van der Waals surface area contributed by atoms with Crippen LogP contribution >= 0.6 is 0 Å². The number of ether oxygens (including phenoxy) is 2. The molecule has 1 aromatic heterocycles. The summed E-state index contributed by atoms with van der Waals surface area (Å²) in [5.41, 5.74) is 1.21. The van der Waals surface area contributed by atoms with Gasteiger partial charge >= 0.3 is 0 Å².